The van der Waals surface area contributed by atoms with Gasteiger partial charge >= 0.3 is 11.9 Å². The van der Waals surface area contributed by atoms with E-state index in [-0.39, 0.29) is 12.6 Å². The van der Waals surface area contributed by atoms with E-state index < -0.39 is 18.1 Å². The molecule has 0 saturated carbocycles. The summed E-state index contributed by atoms with van der Waals surface area (Å²) in [7, 11) is 0. The van der Waals surface area contributed by atoms with Crippen LogP contribution in [-0.2, 0) is 19.1 Å². The van der Waals surface area contributed by atoms with Gasteiger partial charge in [-0.25, -0.2) is 0 Å². The fraction of sp³-hybridized carbons (Fsp3) is 0.652. The summed E-state index contributed by atoms with van der Waals surface area (Å²) >= 11 is 0. The topological polar surface area (TPSA) is 78.6 Å². The molecule has 0 aliphatic carbocycles. The summed E-state index contributed by atoms with van der Waals surface area (Å²) < 4.78 is 10.6. The molecule has 28 heavy (non-hydrogen) atoms. The van der Waals surface area contributed by atoms with Gasteiger partial charge in [0.05, 0.1) is 6.61 Å². The van der Waals surface area contributed by atoms with E-state index in [2.05, 4.69) is 6.92 Å². The van der Waals surface area contributed by atoms with E-state index in [0.29, 0.717) is 12.0 Å². The minimum absolute atomic E-state index is 0.237. The van der Waals surface area contributed by atoms with Crippen molar-refractivity contribution >= 4 is 11.9 Å². The molecule has 0 bridgehead atoms. The van der Waals surface area contributed by atoms with E-state index in [1.54, 1.807) is 19.1 Å². The Bertz CT molecular complexity index is 547. The van der Waals surface area contributed by atoms with Crippen molar-refractivity contribution in [1.29, 1.82) is 0 Å². The Kier molecular flexibility index (Phi) is 13.0. The number of unbranched alkanes of at least 4 members (excludes halogenated alkanes) is 8. The quantitative estimate of drug-likeness (QED) is 0.333. The van der Waals surface area contributed by atoms with Crippen LogP contribution in [0.5, 0.6) is 0 Å². The Morgan fingerprint density at radius 3 is 2.04 bits per heavy atom. The molecule has 1 rings (SSSR count). The second-order valence-electron chi connectivity index (χ2n) is 7.18. The van der Waals surface area contributed by atoms with Crippen molar-refractivity contribution in [2.45, 2.75) is 90.2 Å². The molecule has 0 fully saturated rings. The molecule has 1 aromatic carbocycles. The molecular weight excluding hydrogens is 354 g/mol. The molecule has 0 aliphatic rings. The van der Waals surface area contributed by atoms with E-state index in [1.807, 2.05) is 18.2 Å². The van der Waals surface area contributed by atoms with Crippen LogP contribution in [-0.4, -0.2) is 24.6 Å². The highest BCUT2D eigenvalue weighted by Gasteiger charge is 2.30. The Balaban J connectivity index is 2.40. The monoisotopic (exact) mass is 391 g/mol. The van der Waals surface area contributed by atoms with Gasteiger partial charge in [-0.2, -0.15) is 0 Å². The summed E-state index contributed by atoms with van der Waals surface area (Å²) in [4.78, 5) is 24.3. The number of carbonyl (C=O) groups excluding carboxylic acids is 2. The molecule has 2 unspecified atom stereocenters. The fourth-order valence-corrected chi connectivity index (χ4v) is 3.13. The minimum Gasteiger partial charge on any atom is -0.465 e. The van der Waals surface area contributed by atoms with Crippen LogP contribution in [0.4, 0.5) is 0 Å². The van der Waals surface area contributed by atoms with Crippen LogP contribution >= 0.6 is 0 Å². The van der Waals surface area contributed by atoms with Crippen molar-refractivity contribution in [3.05, 3.63) is 35.9 Å². The first-order chi connectivity index (χ1) is 13.6. The maximum absolute atomic E-state index is 12.3. The van der Waals surface area contributed by atoms with Crippen LogP contribution in [0.15, 0.2) is 30.3 Å². The maximum Gasteiger partial charge on any atom is 0.327 e. The molecule has 2 N–H and O–H groups in total. The molecule has 0 heterocycles. The molecule has 5 heteroatoms. The van der Waals surface area contributed by atoms with Crippen molar-refractivity contribution < 1.29 is 19.1 Å². The highest BCUT2D eigenvalue weighted by molar-refractivity contribution is 5.77. The van der Waals surface area contributed by atoms with Crippen LogP contribution in [0.3, 0.4) is 0 Å². The van der Waals surface area contributed by atoms with Crippen molar-refractivity contribution in [3.8, 4) is 0 Å². The van der Waals surface area contributed by atoms with Gasteiger partial charge in [-0.3, -0.25) is 9.59 Å². The van der Waals surface area contributed by atoms with Gasteiger partial charge < -0.3 is 15.2 Å². The molecule has 0 spiro atoms. The van der Waals surface area contributed by atoms with Gasteiger partial charge in [0.2, 0.25) is 0 Å². The van der Waals surface area contributed by atoms with E-state index in [0.717, 1.165) is 19.3 Å². The van der Waals surface area contributed by atoms with Crippen molar-refractivity contribution in [2.24, 2.45) is 5.73 Å². The third-order valence-electron chi connectivity index (χ3n) is 4.76. The fourth-order valence-electron chi connectivity index (χ4n) is 3.13. The van der Waals surface area contributed by atoms with Gasteiger partial charge in [0.15, 0.2) is 6.10 Å². The first-order valence-corrected chi connectivity index (χ1v) is 10.8. The second kappa shape index (κ2) is 15.1. The number of hydrogen-bond acceptors (Lipinski definition) is 5. The molecule has 0 aliphatic heterocycles. The van der Waals surface area contributed by atoms with Crippen molar-refractivity contribution in [1.82, 2.24) is 0 Å². The van der Waals surface area contributed by atoms with Gasteiger partial charge in [0, 0.05) is 6.42 Å². The maximum atomic E-state index is 12.3. The highest BCUT2D eigenvalue weighted by atomic mass is 16.6. The zero-order valence-corrected chi connectivity index (χ0v) is 17.5. The molecule has 0 aromatic heterocycles. The molecule has 2 atom stereocenters. The standard InChI is InChI=1S/C23H37NO4/c1-3-5-6-7-8-9-10-11-15-18-20(25)28-22(19-16-13-12-14-17-19)21(24)23(26)27-4-2/h12-14,16-17,21-22H,3-11,15,18,24H2,1-2H3. The smallest absolute Gasteiger partial charge is 0.327 e. The lowest BCUT2D eigenvalue weighted by Gasteiger charge is -2.23. The van der Waals surface area contributed by atoms with Gasteiger partial charge in [-0.15, -0.1) is 0 Å². The summed E-state index contributed by atoms with van der Waals surface area (Å²) in [6.45, 7) is 4.18. The predicted octanol–water partition coefficient (Wildman–Crippen LogP) is 5.08. The lowest BCUT2D eigenvalue weighted by molar-refractivity contribution is -0.157. The zero-order chi connectivity index (χ0) is 20.6. The van der Waals surface area contributed by atoms with Crippen LogP contribution in [0.25, 0.3) is 0 Å². The number of benzene rings is 1. The SMILES string of the molecule is CCCCCCCCCCCC(=O)OC(c1ccccc1)C(N)C(=O)OCC. The molecule has 0 radical (unpaired) electrons. The summed E-state index contributed by atoms with van der Waals surface area (Å²) in [5, 5.41) is 0. The summed E-state index contributed by atoms with van der Waals surface area (Å²) in [5.41, 5.74) is 6.72. The van der Waals surface area contributed by atoms with E-state index >= 15 is 0 Å². The van der Waals surface area contributed by atoms with Gasteiger partial charge in [0.1, 0.15) is 6.04 Å². The molecule has 0 saturated heterocycles. The molecule has 158 valence electrons. The number of carbonyl (C=O) groups is 2. The first-order valence-electron chi connectivity index (χ1n) is 10.8. The minimum atomic E-state index is -1.03. The number of hydrogen-bond donors (Lipinski definition) is 1. The van der Waals surface area contributed by atoms with Crippen molar-refractivity contribution in [3.63, 3.8) is 0 Å². The second-order valence-corrected chi connectivity index (χ2v) is 7.18. The molecular formula is C23H37NO4. The summed E-state index contributed by atoms with van der Waals surface area (Å²) in [5.74, 6) is -0.885. The number of rotatable bonds is 15. The highest BCUT2D eigenvalue weighted by Crippen LogP contribution is 2.22. The predicted molar refractivity (Wildman–Crippen MR) is 112 cm³/mol. The van der Waals surface area contributed by atoms with Crippen LogP contribution in [0.2, 0.25) is 0 Å². The van der Waals surface area contributed by atoms with Gasteiger partial charge in [-0.1, -0.05) is 88.6 Å². The Hall–Kier alpha value is -1.88. The van der Waals surface area contributed by atoms with Crippen molar-refractivity contribution in [2.75, 3.05) is 6.61 Å². The van der Waals surface area contributed by atoms with Crippen LogP contribution < -0.4 is 5.73 Å². The first kappa shape index (κ1) is 24.2. The lowest BCUT2D eigenvalue weighted by atomic mass is 10.0. The van der Waals surface area contributed by atoms with Crippen LogP contribution in [0, 0.1) is 0 Å². The van der Waals surface area contributed by atoms with Gasteiger partial charge in [0.25, 0.3) is 0 Å². The largest absolute Gasteiger partial charge is 0.465 e. The number of esters is 2. The van der Waals surface area contributed by atoms with E-state index in [4.69, 9.17) is 15.2 Å². The van der Waals surface area contributed by atoms with E-state index in [1.165, 1.54) is 38.5 Å². The Morgan fingerprint density at radius 2 is 1.46 bits per heavy atom. The average Bonchev–Trinajstić information content (AvgIpc) is 2.71. The third-order valence-corrected chi connectivity index (χ3v) is 4.76. The molecule has 0 amide bonds. The Morgan fingerprint density at radius 1 is 0.893 bits per heavy atom. The van der Waals surface area contributed by atoms with E-state index in [9.17, 15) is 9.59 Å². The van der Waals surface area contributed by atoms with Gasteiger partial charge in [-0.05, 0) is 18.9 Å². The number of nitrogens with two attached hydrogens (primary N) is 1. The molecule has 1 aromatic rings. The number of ether oxygens (including phenoxy) is 2. The average molecular weight is 392 g/mol. The third kappa shape index (κ3) is 9.88. The lowest BCUT2D eigenvalue weighted by Crippen LogP contribution is -2.40. The normalized spacial score (nSPS) is 13.0. The zero-order valence-electron chi connectivity index (χ0n) is 17.5. The van der Waals surface area contributed by atoms with Crippen LogP contribution in [0.1, 0.15) is 89.7 Å². The Labute approximate surface area is 170 Å². The summed E-state index contributed by atoms with van der Waals surface area (Å²) in [6, 6.07) is 8.09. The molecule has 5 nitrogen and oxygen atoms in total. The summed E-state index contributed by atoms with van der Waals surface area (Å²) in [6.07, 6.45) is 10.2.